The third kappa shape index (κ3) is 2.90. The third-order valence-electron chi connectivity index (χ3n) is 3.32. The van der Waals surface area contributed by atoms with Gasteiger partial charge in [0.1, 0.15) is 0 Å². The number of hydrogen-bond acceptors (Lipinski definition) is 3. The lowest BCUT2D eigenvalue weighted by atomic mass is 10.2. The molecule has 106 valence electrons. The van der Waals surface area contributed by atoms with Crippen molar-refractivity contribution >= 4 is 33.2 Å². The topological polar surface area (TPSA) is 46.6 Å². The summed E-state index contributed by atoms with van der Waals surface area (Å²) in [5, 5.41) is 0.570. The summed E-state index contributed by atoms with van der Waals surface area (Å²) < 4.78 is 32.0. The van der Waals surface area contributed by atoms with Crippen LogP contribution in [0.4, 0.5) is 0 Å². The highest BCUT2D eigenvalue weighted by Gasteiger charge is 2.35. The number of morpholine rings is 1. The Morgan fingerprint density at radius 2 is 1.95 bits per heavy atom. The lowest BCUT2D eigenvalue weighted by Crippen LogP contribution is -2.51. The fraction of sp³-hybridized carbons (Fsp3) is 0.500. The lowest BCUT2D eigenvalue weighted by Gasteiger charge is -2.36. The predicted octanol–water partition coefficient (Wildman–Crippen LogP) is 2.79. The van der Waals surface area contributed by atoms with Crippen molar-refractivity contribution in [1.82, 2.24) is 4.31 Å². The SMILES string of the molecule is CC1OCCN(S(=O)(=O)c2ccc(Cl)c(Cl)c2)C1C. The number of ether oxygens (including phenoxy) is 1. The van der Waals surface area contributed by atoms with Gasteiger partial charge < -0.3 is 4.74 Å². The Hall–Kier alpha value is -0.330. The first-order valence-electron chi connectivity index (χ1n) is 5.92. The fourth-order valence-electron chi connectivity index (χ4n) is 2.02. The van der Waals surface area contributed by atoms with Gasteiger partial charge in [0.15, 0.2) is 0 Å². The summed E-state index contributed by atoms with van der Waals surface area (Å²) in [6.07, 6.45) is -0.133. The first-order valence-corrected chi connectivity index (χ1v) is 8.12. The zero-order valence-corrected chi connectivity index (χ0v) is 13.0. The predicted molar refractivity (Wildman–Crippen MR) is 75.2 cm³/mol. The van der Waals surface area contributed by atoms with Crippen molar-refractivity contribution in [2.45, 2.75) is 30.9 Å². The van der Waals surface area contributed by atoms with E-state index in [1.54, 1.807) is 0 Å². The molecule has 2 rings (SSSR count). The second-order valence-electron chi connectivity index (χ2n) is 4.51. The molecule has 4 nitrogen and oxygen atoms in total. The van der Waals surface area contributed by atoms with Gasteiger partial charge in [-0.15, -0.1) is 0 Å². The van der Waals surface area contributed by atoms with E-state index < -0.39 is 10.0 Å². The molecule has 2 atom stereocenters. The summed E-state index contributed by atoms with van der Waals surface area (Å²) in [6.45, 7) is 4.43. The van der Waals surface area contributed by atoms with Crippen LogP contribution in [0.2, 0.25) is 10.0 Å². The maximum absolute atomic E-state index is 12.6. The summed E-state index contributed by atoms with van der Waals surface area (Å²) in [6, 6.07) is 4.13. The zero-order chi connectivity index (χ0) is 14.2. The van der Waals surface area contributed by atoms with Crippen LogP contribution in [-0.2, 0) is 14.8 Å². The van der Waals surface area contributed by atoms with E-state index in [9.17, 15) is 8.42 Å². The molecular formula is C12H15Cl2NO3S. The molecule has 1 aliphatic rings. The molecule has 1 fully saturated rings. The van der Waals surface area contributed by atoms with Gasteiger partial charge in [-0.05, 0) is 32.0 Å². The quantitative estimate of drug-likeness (QED) is 0.840. The molecule has 0 N–H and O–H groups in total. The van der Waals surface area contributed by atoms with Crippen molar-refractivity contribution in [2.24, 2.45) is 0 Å². The Labute approximate surface area is 123 Å². The van der Waals surface area contributed by atoms with Crippen molar-refractivity contribution in [3.8, 4) is 0 Å². The van der Waals surface area contributed by atoms with Gasteiger partial charge >= 0.3 is 0 Å². The third-order valence-corrected chi connectivity index (χ3v) is 6.04. The molecule has 0 spiro atoms. The first kappa shape index (κ1) is 15.1. The zero-order valence-electron chi connectivity index (χ0n) is 10.6. The van der Waals surface area contributed by atoms with Crippen LogP contribution in [0, 0.1) is 0 Å². The van der Waals surface area contributed by atoms with Crippen molar-refractivity contribution in [2.75, 3.05) is 13.2 Å². The molecule has 2 unspecified atom stereocenters. The first-order chi connectivity index (χ1) is 8.84. The smallest absolute Gasteiger partial charge is 0.243 e. The number of halogens is 2. The maximum Gasteiger partial charge on any atom is 0.243 e. The van der Waals surface area contributed by atoms with Gasteiger partial charge in [0, 0.05) is 12.6 Å². The van der Waals surface area contributed by atoms with E-state index in [4.69, 9.17) is 27.9 Å². The number of nitrogens with zero attached hydrogens (tertiary/aromatic N) is 1. The number of sulfonamides is 1. The summed E-state index contributed by atoms with van der Waals surface area (Å²) in [7, 11) is -3.57. The standard InChI is InChI=1S/C12H15Cl2NO3S/c1-8-9(2)18-6-5-15(8)19(16,17)10-3-4-11(13)12(14)7-10/h3-4,7-9H,5-6H2,1-2H3. The second-order valence-corrected chi connectivity index (χ2v) is 7.21. The van der Waals surface area contributed by atoms with Gasteiger partial charge in [-0.25, -0.2) is 8.42 Å². The van der Waals surface area contributed by atoms with Crippen LogP contribution < -0.4 is 0 Å². The van der Waals surface area contributed by atoms with Gasteiger partial charge in [0.2, 0.25) is 10.0 Å². The van der Waals surface area contributed by atoms with E-state index in [1.165, 1.54) is 22.5 Å². The minimum absolute atomic E-state index is 0.133. The van der Waals surface area contributed by atoms with Crippen LogP contribution in [0.3, 0.4) is 0 Å². The van der Waals surface area contributed by atoms with E-state index in [-0.39, 0.29) is 22.1 Å². The van der Waals surface area contributed by atoms with Crippen LogP contribution in [-0.4, -0.2) is 38.0 Å². The van der Waals surface area contributed by atoms with Gasteiger partial charge in [-0.3, -0.25) is 0 Å². The molecular weight excluding hydrogens is 309 g/mol. The van der Waals surface area contributed by atoms with Crippen LogP contribution >= 0.6 is 23.2 Å². The second kappa shape index (κ2) is 5.58. The molecule has 0 saturated carbocycles. The van der Waals surface area contributed by atoms with Gasteiger partial charge in [0.05, 0.1) is 27.7 Å². The lowest BCUT2D eigenvalue weighted by molar-refractivity contribution is -0.0232. The molecule has 0 bridgehead atoms. The molecule has 1 aliphatic heterocycles. The summed E-state index contributed by atoms with van der Waals surface area (Å²) in [4.78, 5) is 0.155. The molecule has 0 aromatic heterocycles. The Bertz CT molecular complexity index is 576. The molecule has 7 heteroatoms. The average molecular weight is 324 g/mol. The van der Waals surface area contributed by atoms with E-state index >= 15 is 0 Å². The number of rotatable bonds is 2. The molecule has 19 heavy (non-hydrogen) atoms. The highest BCUT2D eigenvalue weighted by atomic mass is 35.5. The Kier molecular flexibility index (Phi) is 4.42. The Morgan fingerprint density at radius 3 is 2.58 bits per heavy atom. The van der Waals surface area contributed by atoms with Crippen molar-refractivity contribution in [3.05, 3.63) is 28.2 Å². The van der Waals surface area contributed by atoms with Crippen LogP contribution in [0.15, 0.2) is 23.1 Å². The minimum atomic E-state index is -3.57. The van der Waals surface area contributed by atoms with E-state index in [2.05, 4.69) is 0 Å². The van der Waals surface area contributed by atoms with Crippen molar-refractivity contribution in [3.63, 3.8) is 0 Å². The van der Waals surface area contributed by atoms with E-state index in [0.717, 1.165) is 0 Å². The van der Waals surface area contributed by atoms with Crippen LogP contribution in [0.1, 0.15) is 13.8 Å². The maximum atomic E-state index is 12.6. The Balaban J connectivity index is 2.38. The van der Waals surface area contributed by atoms with Gasteiger partial charge in [-0.2, -0.15) is 4.31 Å². The fourth-order valence-corrected chi connectivity index (χ4v) is 4.08. The normalized spacial score (nSPS) is 25.5. The summed E-state index contributed by atoms with van der Waals surface area (Å²) >= 11 is 11.7. The molecule has 1 heterocycles. The summed E-state index contributed by atoms with van der Waals surface area (Å²) in [5.41, 5.74) is 0. The number of hydrogen-bond donors (Lipinski definition) is 0. The van der Waals surface area contributed by atoms with E-state index in [0.29, 0.717) is 18.2 Å². The van der Waals surface area contributed by atoms with Crippen LogP contribution in [0.25, 0.3) is 0 Å². The molecule has 1 aromatic carbocycles. The summed E-state index contributed by atoms with van der Waals surface area (Å²) in [5.74, 6) is 0. The monoisotopic (exact) mass is 323 g/mol. The van der Waals surface area contributed by atoms with E-state index in [1.807, 2.05) is 13.8 Å². The molecule has 1 aromatic rings. The highest BCUT2D eigenvalue weighted by molar-refractivity contribution is 7.89. The average Bonchev–Trinajstić information content (AvgIpc) is 2.35. The van der Waals surface area contributed by atoms with Crippen molar-refractivity contribution < 1.29 is 13.2 Å². The van der Waals surface area contributed by atoms with Crippen LogP contribution in [0.5, 0.6) is 0 Å². The molecule has 1 saturated heterocycles. The van der Waals surface area contributed by atoms with Crippen molar-refractivity contribution in [1.29, 1.82) is 0 Å². The minimum Gasteiger partial charge on any atom is -0.375 e. The number of benzene rings is 1. The molecule has 0 aliphatic carbocycles. The van der Waals surface area contributed by atoms with Gasteiger partial charge in [-0.1, -0.05) is 23.2 Å². The largest absolute Gasteiger partial charge is 0.375 e. The van der Waals surface area contributed by atoms with Gasteiger partial charge in [0.25, 0.3) is 0 Å². The molecule has 0 radical (unpaired) electrons. The Morgan fingerprint density at radius 1 is 1.26 bits per heavy atom. The highest BCUT2D eigenvalue weighted by Crippen LogP contribution is 2.28. The molecule has 0 amide bonds.